The van der Waals surface area contributed by atoms with Gasteiger partial charge in [-0.3, -0.25) is 0 Å². The van der Waals surface area contributed by atoms with Gasteiger partial charge in [-0.15, -0.1) is 0 Å². The lowest BCUT2D eigenvalue weighted by Gasteiger charge is -2.12. The van der Waals surface area contributed by atoms with E-state index in [1.807, 2.05) is 24.3 Å². The molecular weight excluding hydrogens is 304 g/mol. The fourth-order valence-corrected chi connectivity index (χ4v) is 4.90. The van der Waals surface area contributed by atoms with Crippen LogP contribution in [0.4, 0.5) is 0 Å². The summed E-state index contributed by atoms with van der Waals surface area (Å²) in [6, 6.07) is 8.34. The number of sulfonamides is 1. The first-order valence-electron chi connectivity index (χ1n) is 7.33. The van der Waals surface area contributed by atoms with E-state index in [0.29, 0.717) is 6.04 Å². The molecule has 0 aromatic heterocycles. The first kappa shape index (κ1) is 16.8. The van der Waals surface area contributed by atoms with Gasteiger partial charge in [-0.05, 0) is 23.3 Å². The molecule has 0 aliphatic carbocycles. The standard InChI is InChI=1S/C15H24N2O2S2/c1-12(2)16-9-13-3-5-14(6-4-13)11-21(18,19)17-15-7-8-20-10-15/h3-6,12,15-17H,7-11H2,1-2H3. The fourth-order valence-electron chi connectivity index (χ4n) is 2.22. The van der Waals surface area contributed by atoms with Crippen molar-refractivity contribution in [3.8, 4) is 0 Å². The molecule has 0 saturated carbocycles. The van der Waals surface area contributed by atoms with Gasteiger partial charge in [0.05, 0.1) is 5.75 Å². The molecule has 1 saturated heterocycles. The highest BCUT2D eigenvalue weighted by molar-refractivity contribution is 7.99. The first-order valence-corrected chi connectivity index (χ1v) is 10.1. The highest BCUT2D eigenvalue weighted by atomic mass is 32.2. The van der Waals surface area contributed by atoms with Crippen molar-refractivity contribution in [2.75, 3.05) is 11.5 Å². The van der Waals surface area contributed by atoms with Crippen molar-refractivity contribution < 1.29 is 8.42 Å². The van der Waals surface area contributed by atoms with Crippen molar-refractivity contribution in [2.24, 2.45) is 0 Å². The highest BCUT2D eigenvalue weighted by Gasteiger charge is 2.21. The molecule has 2 N–H and O–H groups in total. The van der Waals surface area contributed by atoms with Gasteiger partial charge in [0.25, 0.3) is 0 Å². The molecule has 1 aromatic carbocycles. The molecule has 0 bridgehead atoms. The lowest BCUT2D eigenvalue weighted by molar-refractivity contribution is 0.562. The third-order valence-electron chi connectivity index (χ3n) is 3.37. The van der Waals surface area contributed by atoms with Crippen LogP contribution in [0.3, 0.4) is 0 Å². The second-order valence-corrected chi connectivity index (χ2v) is 8.69. The smallest absolute Gasteiger partial charge is 0.216 e. The lowest BCUT2D eigenvalue weighted by atomic mass is 10.1. The van der Waals surface area contributed by atoms with Gasteiger partial charge in [-0.25, -0.2) is 13.1 Å². The second-order valence-electron chi connectivity index (χ2n) is 5.79. The molecule has 1 aromatic rings. The minimum Gasteiger partial charge on any atom is -0.310 e. The summed E-state index contributed by atoms with van der Waals surface area (Å²) in [7, 11) is -3.24. The van der Waals surface area contributed by atoms with Crippen LogP contribution in [0.25, 0.3) is 0 Å². The molecule has 0 amide bonds. The number of benzene rings is 1. The molecule has 1 heterocycles. The Labute approximate surface area is 132 Å². The highest BCUT2D eigenvalue weighted by Crippen LogP contribution is 2.18. The van der Waals surface area contributed by atoms with Gasteiger partial charge in [-0.1, -0.05) is 38.1 Å². The van der Waals surface area contributed by atoms with Crippen LogP contribution >= 0.6 is 11.8 Å². The topological polar surface area (TPSA) is 58.2 Å². The SMILES string of the molecule is CC(C)NCc1ccc(CS(=O)(=O)NC2CCSC2)cc1. The lowest BCUT2D eigenvalue weighted by Crippen LogP contribution is -2.35. The zero-order valence-corrected chi connectivity index (χ0v) is 14.3. The van der Waals surface area contributed by atoms with E-state index in [1.165, 1.54) is 5.56 Å². The monoisotopic (exact) mass is 328 g/mol. The molecule has 1 aliphatic heterocycles. The zero-order chi connectivity index (χ0) is 15.3. The van der Waals surface area contributed by atoms with Crippen molar-refractivity contribution in [3.63, 3.8) is 0 Å². The van der Waals surface area contributed by atoms with Gasteiger partial charge >= 0.3 is 0 Å². The molecule has 118 valence electrons. The van der Waals surface area contributed by atoms with Crippen molar-refractivity contribution in [1.29, 1.82) is 0 Å². The molecule has 1 aliphatic rings. The van der Waals surface area contributed by atoms with E-state index in [4.69, 9.17) is 0 Å². The maximum Gasteiger partial charge on any atom is 0.216 e. The van der Waals surface area contributed by atoms with Gasteiger partial charge < -0.3 is 5.32 Å². The van der Waals surface area contributed by atoms with Crippen LogP contribution in [0, 0.1) is 0 Å². The minimum absolute atomic E-state index is 0.0616. The van der Waals surface area contributed by atoms with Crippen LogP contribution in [0.1, 0.15) is 31.4 Å². The molecular formula is C15H24N2O2S2. The maximum atomic E-state index is 12.1. The third kappa shape index (κ3) is 5.98. The average molecular weight is 329 g/mol. The summed E-state index contributed by atoms with van der Waals surface area (Å²) in [6.07, 6.45) is 0.934. The van der Waals surface area contributed by atoms with E-state index in [1.54, 1.807) is 11.8 Å². The Morgan fingerprint density at radius 2 is 1.90 bits per heavy atom. The average Bonchev–Trinajstić information content (AvgIpc) is 2.89. The van der Waals surface area contributed by atoms with Gasteiger partial charge in [0, 0.05) is 24.4 Å². The normalized spacial score (nSPS) is 19.3. The third-order valence-corrected chi connectivity index (χ3v) is 5.94. The molecule has 0 radical (unpaired) electrons. The number of hydrogen-bond donors (Lipinski definition) is 2. The summed E-state index contributed by atoms with van der Waals surface area (Å²) in [5.41, 5.74) is 2.01. The minimum atomic E-state index is -3.24. The van der Waals surface area contributed by atoms with Crippen molar-refractivity contribution in [3.05, 3.63) is 35.4 Å². The maximum absolute atomic E-state index is 12.1. The molecule has 1 fully saturated rings. The quantitative estimate of drug-likeness (QED) is 0.805. The second kappa shape index (κ2) is 7.63. The van der Waals surface area contributed by atoms with Gasteiger partial charge in [-0.2, -0.15) is 11.8 Å². The molecule has 21 heavy (non-hydrogen) atoms. The Morgan fingerprint density at radius 1 is 1.24 bits per heavy atom. The molecule has 2 rings (SSSR count). The Balaban J connectivity index is 1.89. The number of hydrogen-bond acceptors (Lipinski definition) is 4. The summed E-state index contributed by atoms with van der Waals surface area (Å²) in [6.45, 7) is 5.02. The summed E-state index contributed by atoms with van der Waals surface area (Å²) >= 11 is 1.80. The van der Waals surface area contributed by atoms with Gasteiger partial charge in [0.2, 0.25) is 10.0 Å². The Hall–Kier alpha value is -0.560. The van der Waals surface area contributed by atoms with Crippen LogP contribution < -0.4 is 10.0 Å². The zero-order valence-electron chi connectivity index (χ0n) is 12.6. The van der Waals surface area contributed by atoms with Gasteiger partial charge in [0.1, 0.15) is 0 Å². The Bertz CT molecular complexity index is 535. The molecule has 6 heteroatoms. The van der Waals surface area contributed by atoms with Crippen LogP contribution in [-0.4, -0.2) is 32.0 Å². The van der Waals surface area contributed by atoms with E-state index in [2.05, 4.69) is 23.9 Å². The van der Waals surface area contributed by atoms with Crippen molar-refractivity contribution in [2.45, 2.75) is 44.6 Å². The van der Waals surface area contributed by atoms with E-state index in [9.17, 15) is 8.42 Å². The Kier molecular flexibility index (Phi) is 6.10. The van der Waals surface area contributed by atoms with E-state index in [0.717, 1.165) is 30.0 Å². The summed E-state index contributed by atoms with van der Waals surface area (Å²) in [5, 5.41) is 3.34. The van der Waals surface area contributed by atoms with Gasteiger partial charge in [0.15, 0.2) is 0 Å². The van der Waals surface area contributed by atoms with Crippen LogP contribution in [0.5, 0.6) is 0 Å². The predicted octanol–water partition coefficient (Wildman–Crippen LogP) is 2.11. The first-order chi connectivity index (χ1) is 9.94. The summed E-state index contributed by atoms with van der Waals surface area (Å²) < 4.78 is 27.0. The predicted molar refractivity (Wildman–Crippen MR) is 89.9 cm³/mol. The largest absolute Gasteiger partial charge is 0.310 e. The molecule has 1 atom stereocenters. The number of rotatable bonds is 7. The van der Waals surface area contributed by atoms with Crippen molar-refractivity contribution in [1.82, 2.24) is 10.0 Å². The number of thioether (sulfide) groups is 1. The molecule has 4 nitrogen and oxygen atoms in total. The summed E-state index contributed by atoms with van der Waals surface area (Å²) in [4.78, 5) is 0. The van der Waals surface area contributed by atoms with E-state index in [-0.39, 0.29) is 11.8 Å². The molecule has 0 spiro atoms. The fraction of sp³-hybridized carbons (Fsp3) is 0.600. The van der Waals surface area contributed by atoms with E-state index < -0.39 is 10.0 Å². The number of nitrogens with one attached hydrogen (secondary N) is 2. The van der Waals surface area contributed by atoms with E-state index >= 15 is 0 Å². The molecule has 1 unspecified atom stereocenters. The van der Waals surface area contributed by atoms with Crippen LogP contribution in [-0.2, 0) is 22.3 Å². The van der Waals surface area contributed by atoms with Crippen LogP contribution in [0.2, 0.25) is 0 Å². The Morgan fingerprint density at radius 3 is 2.48 bits per heavy atom. The van der Waals surface area contributed by atoms with Crippen molar-refractivity contribution >= 4 is 21.8 Å². The summed E-state index contributed by atoms with van der Waals surface area (Å²) in [5.74, 6) is 2.00. The van der Waals surface area contributed by atoms with Crippen LogP contribution in [0.15, 0.2) is 24.3 Å².